The maximum atomic E-state index is 13.2. The minimum Gasteiger partial charge on any atom is -0.497 e. The first-order chi connectivity index (χ1) is 16.9. The van der Waals surface area contributed by atoms with E-state index in [4.69, 9.17) is 15.2 Å². The lowest BCUT2D eigenvalue weighted by atomic mass is 9.85. The van der Waals surface area contributed by atoms with Crippen LogP contribution in [0.2, 0.25) is 0 Å². The first kappa shape index (κ1) is 23.5. The summed E-state index contributed by atoms with van der Waals surface area (Å²) in [4.78, 5) is 25.3. The molecule has 2 N–H and O–H groups in total. The van der Waals surface area contributed by atoms with Crippen molar-refractivity contribution in [1.82, 2.24) is 4.57 Å². The third kappa shape index (κ3) is 3.53. The van der Waals surface area contributed by atoms with Crippen molar-refractivity contribution in [1.29, 1.82) is 0 Å². The zero-order valence-electron chi connectivity index (χ0n) is 21.0. The molecule has 2 aromatic carbocycles. The third-order valence-electron chi connectivity index (χ3n) is 8.07. The average Bonchev–Trinajstić information content (AvgIpc) is 3.53. The third-order valence-corrected chi connectivity index (χ3v) is 8.07. The van der Waals surface area contributed by atoms with Crippen LogP contribution in [0.4, 0.5) is 0 Å². The molecule has 6 heteroatoms. The molecule has 2 atom stereocenters. The molecule has 1 aliphatic heterocycles. The molecule has 5 rings (SSSR count). The largest absolute Gasteiger partial charge is 0.497 e. The number of hydrogen-bond acceptors (Lipinski definition) is 4. The molecule has 1 fully saturated rings. The molecule has 2 unspecified atom stereocenters. The van der Waals surface area contributed by atoms with Gasteiger partial charge >= 0.3 is 5.97 Å². The fourth-order valence-electron chi connectivity index (χ4n) is 6.36. The predicted octanol–water partition coefficient (Wildman–Crippen LogP) is 5.76. The number of amides is 1. The number of rotatable bonds is 8. The quantitative estimate of drug-likeness (QED) is 0.421. The first-order valence-electron chi connectivity index (χ1n) is 12.6. The fraction of sp³-hybridized carbons (Fsp3) is 0.448. The summed E-state index contributed by atoms with van der Waals surface area (Å²) in [6.07, 6.45) is 5.06. The maximum absolute atomic E-state index is 13.2. The standard InChI is InChI=1S/C29H34N2O4/c1-5-7-17(8-6-2)25-21-11-9-18(27(30)32)13-24(21)31-16-29(28(33)35-4)15-23(29)22-14-19(34-3)10-12-20(22)26(25)31/h9-14,17,23H,5-8,15-16H2,1-4H3,(H2,30,32). The van der Waals surface area contributed by atoms with Crippen molar-refractivity contribution in [2.45, 2.75) is 64.3 Å². The topological polar surface area (TPSA) is 83.6 Å². The number of carbonyl (C=O) groups excluding carboxylic acids is 2. The molecular formula is C29H34N2O4. The maximum Gasteiger partial charge on any atom is 0.314 e. The highest BCUT2D eigenvalue weighted by molar-refractivity contribution is 6.01. The van der Waals surface area contributed by atoms with Crippen LogP contribution in [0.1, 0.15) is 79.3 Å². The van der Waals surface area contributed by atoms with Gasteiger partial charge in [0.05, 0.1) is 25.3 Å². The molecule has 6 nitrogen and oxygen atoms in total. The SMILES string of the molecule is CCCC(CCC)c1c2n(c3cc(C(N)=O)ccc13)CC1(C(=O)OC)CC1c1cc(OC)ccc1-2. The lowest BCUT2D eigenvalue weighted by Gasteiger charge is -2.20. The minimum absolute atomic E-state index is 0.0676. The zero-order valence-corrected chi connectivity index (χ0v) is 21.0. The smallest absolute Gasteiger partial charge is 0.314 e. The van der Waals surface area contributed by atoms with Crippen molar-refractivity contribution >= 4 is 22.8 Å². The van der Waals surface area contributed by atoms with E-state index in [-0.39, 0.29) is 11.9 Å². The van der Waals surface area contributed by atoms with Crippen LogP contribution in [-0.4, -0.2) is 30.7 Å². The van der Waals surface area contributed by atoms with Crippen molar-refractivity contribution < 1.29 is 19.1 Å². The van der Waals surface area contributed by atoms with E-state index in [0.717, 1.165) is 65.6 Å². The van der Waals surface area contributed by atoms with Gasteiger partial charge in [0.2, 0.25) is 5.91 Å². The molecule has 1 aromatic heterocycles. The number of esters is 1. The van der Waals surface area contributed by atoms with Crippen molar-refractivity contribution in [2.75, 3.05) is 14.2 Å². The van der Waals surface area contributed by atoms with Crippen LogP contribution >= 0.6 is 0 Å². The summed E-state index contributed by atoms with van der Waals surface area (Å²) in [7, 11) is 3.14. The molecular weight excluding hydrogens is 440 g/mol. The van der Waals surface area contributed by atoms with Crippen LogP contribution in [0.15, 0.2) is 36.4 Å². The molecule has 1 amide bonds. The summed E-state index contributed by atoms with van der Waals surface area (Å²) >= 11 is 0. The van der Waals surface area contributed by atoms with Crippen LogP contribution in [0, 0.1) is 5.41 Å². The second kappa shape index (κ2) is 8.74. The molecule has 0 saturated heterocycles. The summed E-state index contributed by atoms with van der Waals surface area (Å²) in [5.74, 6) is 0.598. The highest BCUT2D eigenvalue weighted by Gasteiger charge is 2.63. The van der Waals surface area contributed by atoms with Crippen molar-refractivity contribution in [3.05, 3.63) is 53.1 Å². The minimum atomic E-state index is -0.627. The number of nitrogens with zero attached hydrogens (tertiary/aromatic N) is 1. The molecule has 0 spiro atoms. The Hall–Kier alpha value is -3.28. The van der Waals surface area contributed by atoms with Gasteiger partial charge in [-0.05, 0) is 66.6 Å². The molecule has 1 saturated carbocycles. The van der Waals surface area contributed by atoms with E-state index in [9.17, 15) is 9.59 Å². The van der Waals surface area contributed by atoms with Gasteiger partial charge in [-0.3, -0.25) is 9.59 Å². The van der Waals surface area contributed by atoms with E-state index in [1.54, 1.807) is 7.11 Å². The number of methoxy groups -OCH3 is 2. The average molecular weight is 475 g/mol. The predicted molar refractivity (Wildman–Crippen MR) is 137 cm³/mol. The number of carbonyl (C=O) groups is 2. The summed E-state index contributed by atoms with van der Waals surface area (Å²) < 4.78 is 13.2. The molecule has 184 valence electrons. The molecule has 0 radical (unpaired) electrons. The Labute approximate surface area is 206 Å². The summed E-state index contributed by atoms with van der Waals surface area (Å²) in [5.41, 5.74) is 11.2. The number of ether oxygens (including phenoxy) is 2. The molecule has 3 aromatic rings. The van der Waals surface area contributed by atoms with E-state index < -0.39 is 11.3 Å². The Morgan fingerprint density at radius 3 is 2.49 bits per heavy atom. The fourth-order valence-corrected chi connectivity index (χ4v) is 6.36. The summed E-state index contributed by atoms with van der Waals surface area (Å²) in [6.45, 7) is 4.97. The van der Waals surface area contributed by atoms with Crippen molar-refractivity contribution in [3.63, 3.8) is 0 Å². The Morgan fingerprint density at radius 1 is 1.11 bits per heavy atom. The van der Waals surface area contributed by atoms with E-state index in [2.05, 4.69) is 30.5 Å². The van der Waals surface area contributed by atoms with Gasteiger partial charge < -0.3 is 19.8 Å². The van der Waals surface area contributed by atoms with Gasteiger partial charge in [-0.25, -0.2) is 0 Å². The Bertz CT molecular complexity index is 1320. The van der Waals surface area contributed by atoms with Crippen molar-refractivity contribution in [3.8, 4) is 17.0 Å². The van der Waals surface area contributed by atoms with Crippen LogP contribution in [0.5, 0.6) is 5.75 Å². The Kier molecular flexibility index (Phi) is 5.86. The molecule has 0 bridgehead atoms. The molecule has 35 heavy (non-hydrogen) atoms. The second-order valence-electron chi connectivity index (χ2n) is 10.1. The highest BCUT2D eigenvalue weighted by Crippen LogP contribution is 2.65. The van der Waals surface area contributed by atoms with Gasteiger partial charge in [-0.1, -0.05) is 32.8 Å². The first-order valence-corrected chi connectivity index (χ1v) is 12.6. The van der Waals surface area contributed by atoms with Gasteiger partial charge in [0.25, 0.3) is 0 Å². The van der Waals surface area contributed by atoms with Crippen molar-refractivity contribution in [2.24, 2.45) is 11.1 Å². The molecule has 1 aliphatic carbocycles. The highest BCUT2D eigenvalue weighted by atomic mass is 16.5. The molecule has 2 aliphatic rings. The second-order valence-corrected chi connectivity index (χ2v) is 10.1. The summed E-state index contributed by atoms with van der Waals surface area (Å²) in [6, 6.07) is 12.0. The normalized spacial score (nSPS) is 20.1. The van der Waals surface area contributed by atoms with E-state index in [1.807, 2.05) is 24.3 Å². The lowest BCUT2D eigenvalue weighted by molar-refractivity contribution is -0.147. The van der Waals surface area contributed by atoms with E-state index in [0.29, 0.717) is 18.0 Å². The van der Waals surface area contributed by atoms with Gasteiger partial charge in [0.15, 0.2) is 0 Å². The zero-order chi connectivity index (χ0) is 24.9. The molecule has 2 heterocycles. The number of hydrogen-bond donors (Lipinski definition) is 1. The van der Waals surface area contributed by atoms with E-state index in [1.165, 1.54) is 12.7 Å². The van der Waals surface area contributed by atoms with Crippen LogP contribution in [0.25, 0.3) is 22.2 Å². The van der Waals surface area contributed by atoms with Crippen LogP contribution in [-0.2, 0) is 16.1 Å². The number of fused-ring (bicyclic) bond motifs is 7. The van der Waals surface area contributed by atoms with Crippen LogP contribution < -0.4 is 10.5 Å². The van der Waals surface area contributed by atoms with E-state index >= 15 is 0 Å². The number of benzene rings is 2. The Balaban J connectivity index is 1.88. The number of aromatic nitrogens is 1. The van der Waals surface area contributed by atoms with Gasteiger partial charge in [-0.2, -0.15) is 0 Å². The van der Waals surface area contributed by atoms with Crippen LogP contribution in [0.3, 0.4) is 0 Å². The Morgan fingerprint density at radius 2 is 1.86 bits per heavy atom. The summed E-state index contributed by atoms with van der Waals surface area (Å²) in [5, 5.41) is 1.14. The lowest BCUT2D eigenvalue weighted by Crippen LogP contribution is -2.24. The number of primary amides is 1. The van der Waals surface area contributed by atoms with Gasteiger partial charge in [0.1, 0.15) is 5.75 Å². The van der Waals surface area contributed by atoms with Gasteiger partial charge in [0, 0.05) is 34.5 Å². The monoisotopic (exact) mass is 474 g/mol. The number of nitrogens with two attached hydrogens (primary N) is 1. The van der Waals surface area contributed by atoms with Gasteiger partial charge in [-0.15, -0.1) is 0 Å².